The van der Waals surface area contributed by atoms with Gasteiger partial charge in [0.2, 0.25) is 11.8 Å². The van der Waals surface area contributed by atoms with E-state index in [1.807, 2.05) is 0 Å². The van der Waals surface area contributed by atoms with Crippen LogP contribution >= 0.6 is 12.4 Å². The molecule has 7 heteroatoms. The van der Waals surface area contributed by atoms with Crippen LogP contribution in [-0.4, -0.2) is 24.9 Å². The fourth-order valence-electron chi connectivity index (χ4n) is 3.54. The van der Waals surface area contributed by atoms with Gasteiger partial charge in [-0.05, 0) is 80.2 Å². The molecule has 0 spiro atoms. The first-order valence-electron chi connectivity index (χ1n) is 9.69. The Morgan fingerprint density at radius 3 is 2.48 bits per heavy atom. The number of anilines is 1. The number of hydrogen-bond acceptors (Lipinski definition) is 4. The Labute approximate surface area is 177 Å². The molecule has 3 rings (SSSR count). The van der Waals surface area contributed by atoms with Gasteiger partial charge in [0.05, 0.1) is 0 Å². The normalized spacial score (nSPS) is 15.1. The van der Waals surface area contributed by atoms with E-state index in [0.717, 1.165) is 31.6 Å². The summed E-state index contributed by atoms with van der Waals surface area (Å²) in [5.74, 6) is 1.67. The van der Waals surface area contributed by atoms with E-state index in [1.165, 1.54) is 0 Å². The quantitative estimate of drug-likeness (QED) is 0.635. The molecule has 4 N–H and O–H groups in total. The molecule has 0 aliphatic carbocycles. The summed E-state index contributed by atoms with van der Waals surface area (Å²) in [6, 6.07) is 13.9. The molecule has 1 aliphatic rings. The molecule has 0 saturated carbocycles. The number of halogens is 1. The summed E-state index contributed by atoms with van der Waals surface area (Å²) in [5.41, 5.74) is 6.42. The third kappa shape index (κ3) is 6.76. The Hall–Kier alpha value is -2.57. The van der Waals surface area contributed by atoms with Crippen molar-refractivity contribution < 1.29 is 14.3 Å². The van der Waals surface area contributed by atoms with E-state index in [2.05, 4.69) is 17.6 Å². The van der Waals surface area contributed by atoms with E-state index in [9.17, 15) is 9.59 Å². The van der Waals surface area contributed by atoms with E-state index in [1.54, 1.807) is 48.5 Å². The van der Waals surface area contributed by atoms with Gasteiger partial charge in [-0.3, -0.25) is 9.59 Å². The highest BCUT2D eigenvalue weighted by molar-refractivity contribution is 5.93. The maximum Gasteiger partial charge on any atom is 0.248 e. The second kappa shape index (κ2) is 10.8. The summed E-state index contributed by atoms with van der Waals surface area (Å²) < 4.78 is 5.75. The van der Waals surface area contributed by atoms with Crippen molar-refractivity contribution in [2.75, 3.05) is 18.4 Å². The monoisotopic (exact) mass is 417 g/mol. The molecule has 1 atom stereocenters. The minimum absolute atomic E-state index is 0. The van der Waals surface area contributed by atoms with Crippen LogP contribution in [0.4, 0.5) is 5.69 Å². The van der Waals surface area contributed by atoms with Crippen molar-refractivity contribution in [3.63, 3.8) is 0 Å². The van der Waals surface area contributed by atoms with Crippen LogP contribution in [0.5, 0.6) is 11.5 Å². The second-order valence-corrected chi connectivity index (χ2v) is 7.34. The van der Waals surface area contributed by atoms with Crippen LogP contribution in [0, 0.1) is 11.8 Å². The number of carbonyl (C=O) groups excluding carboxylic acids is 2. The third-order valence-corrected chi connectivity index (χ3v) is 5.19. The first kappa shape index (κ1) is 22.7. The van der Waals surface area contributed by atoms with Gasteiger partial charge in [-0.2, -0.15) is 0 Å². The molecule has 1 unspecified atom stereocenters. The number of piperidine rings is 1. The number of rotatable bonds is 7. The van der Waals surface area contributed by atoms with Crippen molar-refractivity contribution in [3.8, 4) is 11.5 Å². The van der Waals surface area contributed by atoms with Gasteiger partial charge in [-0.15, -0.1) is 12.4 Å². The molecule has 6 nitrogen and oxygen atoms in total. The maximum atomic E-state index is 12.3. The van der Waals surface area contributed by atoms with E-state index in [-0.39, 0.29) is 18.3 Å². The van der Waals surface area contributed by atoms with Gasteiger partial charge in [0.15, 0.2) is 0 Å². The zero-order chi connectivity index (χ0) is 19.9. The van der Waals surface area contributed by atoms with E-state index < -0.39 is 5.91 Å². The molecule has 29 heavy (non-hydrogen) atoms. The summed E-state index contributed by atoms with van der Waals surface area (Å²) in [6.07, 6.45) is 2.80. The number of amides is 2. The molecule has 2 amide bonds. The number of benzene rings is 2. The second-order valence-electron chi connectivity index (χ2n) is 7.34. The predicted molar refractivity (Wildman–Crippen MR) is 117 cm³/mol. The van der Waals surface area contributed by atoms with Gasteiger partial charge in [-0.25, -0.2) is 0 Å². The zero-order valence-electron chi connectivity index (χ0n) is 16.5. The lowest BCUT2D eigenvalue weighted by atomic mass is 9.84. The van der Waals surface area contributed by atoms with Gasteiger partial charge in [-0.1, -0.05) is 13.0 Å². The van der Waals surface area contributed by atoms with Gasteiger partial charge < -0.3 is 21.1 Å². The summed E-state index contributed by atoms with van der Waals surface area (Å²) in [5, 5.41) is 6.31. The number of primary amides is 1. The van der Waals surface area contributed by atoms with Crippen molar-refractivity contribution in [2.24, 2.45) is 17.6 Å². The lowest BCUT2D eigenvalue weighted by Crippen LogP contribution is -2.32. The molecule has 2 aromatic rings. The fraction of sp³-hybridized carbons (Fsp3) is 0.364. The van der Waals surface area contributed by atoms with Crippen molar-refractivity contribution in [2.45, 2.75) is 26.2 Å². The average Bonchev–Trinajstić information content (AvgIpc) is 2.70. The molecule has 1 fully saturated rings. The molecule has 0 aromatic heterocycles. The summed E-state index contributed by atoms with van der Waals surface area (Å²) in [7, 11) is 0. The largest absolute Gasteiger partial charge is 0.457 e. The molecule has 2 aromatic carbocycles. The number of carbonyl (C=O) groups is 2. The highest BCUT2D eigenvalue weighted by Gasteiger charge is 2.22. The van der Waals surface area contributed by atoms with Crippen LogP contribution in [0.15, 0.2) is 48.5 Å². The Balaban J connectivity index is 0.00000300. The lowest BCUT2D eigenvalue weighted by molar-refractivity contribution is -0.117. The zero-order valence-corrected chi connectivity index (χ0v) is 17.3. The predicted octanol–water partition coefficient (Wildman–Crippen LogP) is 3.96. The van der Waals surface area contributed by atoms with Crippen LogP contribution in [0.1, 0.15) is 36.5 Å². The third-order valence-electron chi connectivity index (χ3n) is 5.19. The smallest absolute Gasteiger partial charge is 0.248 e. The van der Waals surface area contributed by atoms with E-state index in [0.29, 0.717) is 35.3 Å². The summed E-state index contributed by atoms with van der Waals surface area (Å²) in [6.45, 7) is 4.24. The van der Waals surface area contributed by atoms with Crippen LogP contribution in [0.3, 0.4) is 0 Å². The van der Waals surface area contributed by atoms with Crippen molar-refractivity contribution >= 4 is 29.9 Å². The van der Waals surface area contributed by atoms with Crippen molar-refractivity contribution in [1.29, 1.82) is 0 Å². The molecular weight excluding hydrogens is 390 g/mol. The van der Waals surface area contributed by atoms with E-state index in [4.69, 9.17) is 10.5 Å². The summed E-state index contributed by atoms with van der Waals surface area (Å²) in [4.78, 5) is 23.6. The Kier molecular flexibility index (Phi) is 8.49. The first-order chi connectivity index (χ1) is 13.5. The lowest BCUT2D eigenvalue weighted by Gasteiger charge is -2.27. The Morgan fingerprint density at radius 2 is 1.83 bits per heavy atom. The van der Waals surface area contributed by atoms with Crippen LogP contribution in [0.25, 0.3) is 0 Å². The number of nitrogens with two attached hydrogens (primary N) is 1. The fourth-order valence-corrected chi connectivity index (χ4v) is 3.54. The Bertz CT molecular complexity index is 820. The molecule has 1 heterocycles. The summed E-state index contributed by atoms with van der Waals surface area (Å²) >= 11 is 0. The average molecular weight is 418 g/mol. The minimum Gasteiger partial charge on any atom is -0.457 e. The van der Waals surface area contributed by atoms with Crippen LogP contribution in [-0.2, 0) is 4.79 Å². The molecule has 1 aliphatic heterocycles. The number of nitrogens with one attached hydrogen (secondary N) is 2. The first-order valence-corrected chi connectivity index (χ1v) is 9.69. The van der Waals surface area contributed by atoms with Crippen molar-refractivity contribution in [1.82, 2.24) is 5.32 Å². The number of ether oxygens (including phenoxy) is 1. The van der Waals surface area contributed by atoms with Crippen LogP contribution < -0.4 is 21.1 Å². The maximum absolute atomic E-state index is 12.3. The molecule has 156 valence electrons. The number of hydrogen-bond donors (Lipinski definition) is 3. The standard InChI is InChI=1S/C22H27N3O3.ClH/c1-15(16-9-11-24-12-10-16)13-21(26)25-18-5-7-19(8-6-18)28-20-4-2-3-17(14-20)22(23)27;/h2-8,14-16,24H,9-13H2,1H3,(H2,23,27)(H,25,26);1H. The van der Waals surface area contributed by atoms with Gasteiger partial charge in [0.25, 0.3) is 0 Å². The molecule has 1 saturated heterocycles. The molecular formula is C22H28ClN3O3. The minimum atomic E-state index is -0.498. The highest BCUT2D eigenvalue weighted by Crippen LogP contribution is 2.26. The van der Waals surface area contributed by atoms with Crippen LogP contribution in [0.2, 0.25) is 0 Å². The van der Waals surface area contributed by atoms with Gasteiger partial charge >= 0.3 is 0 Å². The Morgan fingerprint density at radius 1 is 1.14 bits per heavy atom. The topological polar surface area (TPSA) is 93.4 Å². The van der Waals surface area contributed by atoms with E-state index >= 15 is 0 Å². The van der Waals surface area contributed by atoms with Gasteiger partial charge in [0, 0.05) is 17.7 Å². The highest BCUT2D eigenvalue weighted by atomic mass is 35.5. The van der Waals surface area contributed by atoms with Crippen molar-refractivity contribution in [3.05, 3.63) is 54.1 Å². The van der Waals surface area contributed by atoms with Gasteiger partial charge in [0.1, 0.15) is 11.5 Å². The SMILES string of the molecule is CC(CC(=O)Nc1ccc(Oc2cccc(C(N)=O)c2)cc1)C1CCNCC1.Cl. The molecule has 0 bridgehead atoms. The molecule has 0 radical (unpaired) electrons.